The van der Waals surface area contributed by atoms with Crippen LogP contribution in [-0.4, -0.2) is 10.5 Å². The second-order valence-electron chi connectivity index (χ2n) is 2.61. The summed E-state index contributed by atoms with van der Waals surface area (Å²) in [4.78, 5) is 4.09. The maximum absolute atomic E-state index is 5.37. The van der Waals surface area contributed by atoms with E-state index in [2.05, 4.69) is 20.9 Å². The minimum absolute atomic E-state index is 0.489. The van der Waals surface area contributed by atoms with Crippen molar-refractivity contribution < 1.29 is 4.74 Å². The lowest BCUT2D eigenvalue weighted by Crippen LogP contribution is -1.90. The van der Waals surface area contributed by atoms with Crippen molar-refractivity contribution in [2.75, 3.05) is 5.52 Å². The summed E-state index contributed by atoms with van der Waals surface area (Å²) in [7, 11) is 0. The molecule has 1 heterocycles. The van der Waals surface area contributed by atoms with Gasteiger partial charge in [0.1, 0.15) is 11.3 Å². The van der Waals surface area contributed by atoms with Gasteiger partial charge in [0.2, 0.25) is 0 Å². The Balaban J connectivity index is 2.61. The van der Waals surface area contributed by atoms with Gasteiger partial charge in [-0.3, -0.25) is 4.98 Å². The highest BCUT2D eigenvalue weighted by molar-refractivity contribution is 9.09. The number of fused-ring (bicyclic) bond motifs is 1. The van der Waals surface area contributed by atoms with Gasteiger partial charge >= 0.3 is 0 Å². The van der Waals surface area contributed by atoms with Crippen LogP contribution >= 0.6 is 15.9 Å². The van der Waals surface area contributed by atoms with Gasteiger partial charge in [-0.1, -0.05) is 24.3 Å². The summed E-state index contributed by atoms with van der Waals surface area (Å²) in [6.45, 7) is 0. The summed E-state index contributed by atoms with van der Waals surface area (Å²) >= 11 is 3.22. The third kappa shape index (κ3) is 1.65. The lowest BCUT2D eigenvalue weighted by atomic mass is 10.2. The first-order valence-electron chi connectivity index (χ1n) is 3.93. The molecular formula is C10H8BrNO. The smallest absolute Gasteiger partial charge is 0.146 e. The van der Waals surface area contributed by atoms with Crippen LogP contribution in [-0.2, 0) is 0 Å². The van der Waals surface area contributed by atoms with Gasteiger partial charge in [-0.25, -0.2) is 0 Å². The predicted molar refractivity (Wildman–Crippen MR) is 56.2 cm³/mol. The summed E-state index contributed by atoms with van der Waals surface area (Å²) < 4.78 is 5.37. The molecule has 0 N–H and O–H groups in total. The molecule has 0 fully saturated rings. The Kier molecular flexibility index (Phi) is 2.45. The number of pyridine rings is 1. The first kappa shape index (κ1) is 8.51. The Morgan fingerprint density at radius 1 is 1.23 bits per heavy atom. The van der Waals surface area contributed by atoms with Crippen molar-refractivity contribution in [1.82, 2.24) is 4.98 Å². The van der Waals surface area contributed by atoms with Gasteiger partial charge in [-0.05, 0) is 15.9 Å². The third-order valence-electron chi connectivity index (χ3n) is 1.84. The van der Waals surface area contributed by atoms with Crippen LogP contribution in [0.2, 0.25) is 0 Å². The molecule has 0 amide bonds. The zero-order valence-corrected chi connectivity index (χ0v) is 8.49. The van der Waals surface area contributed by atoms with Gasteiger partial charge in [-0.15, -0.1) is 0 Å². The van der Waals surface area contributed by atoms with Crippen LogP contribution in [0.3, 0.4) is 0 Å². The van der Waals surface area contributed by atoms with Gasteiger partial charge in [0.05, 0.1) is 6.20 Å². The minimum atomic E-state index is 0.489. The molecule has 0 aliphatic carbocycles. The molecule has 13 heavy (non-hydrogen) atoms. The number of aromatic nitrogens is 1. The molecule has 0 radical (unpaired) electrons. The average molecular weight is 238 g/mol. The second kappa shape index (κ2) is 3.75. The molecule has 0 saturated heterocycles. The van der Waals surface area contributed by atoms with E-state index in [1.54, 1.807) is 6.20 Å². The lowest BCUT2D eigenvalue weighted by molar-refractivity contribution is 0.401. The molecule has 0 unspecified atom stereocenters. The Labute approximate surface area is 84.7 Å². The maximum atomic E-state index is 5.37. The van der Waals surface area contributed by atoms with E-state index in [4.69, 9.17) is 4.74 Å². The number of benzene rings is 1. The standard InChI is InChI=1S/C10H8BrNO/c11-7-13-10-6-12-5-8-3-1-2-4-9(8)10/h1-6H,7H2. The number of nitrogens with zero attached hydrogens (tertiary/aromatic N) is 1. The quantitative estimate of drug-likeness (QED) is 0.750. The van der Waals surface area contributed by atoms with Crippen LogP contribution < -0.4 is 4.74 Å². The fraction of sp³-hybridized carbons (Fsp3) is 0.100. The number of halogens is 1. The molecule has 0 spiro atoms. The molecule has 2 aromatic rings. The van der Waals surface area contributed by atoms with Gasteiger partial charge in [0.25, 0.3) is 0 Å². The highest BCUT2D eigenvalue weighted by Crippen LogP contribution is 2.23. The van der Waals surface area contributed by atoms with E-state index in [1.165, 1.54) is 0 Å². The molecule has 2 rings (SSSR count). The van der Waals surface area contributed by atoms with Crippen molar-refractivity contribution >= 4 is 26.7 Å². The molecule has 0 saturated carbocycles. The Hall–Kier alpha value is -1.09. The number of alkyl halides is 1. The predicted octanol–water partition coefficient (Wildman–Crippen LogP) is 2.97. The zero-order valence-electron chi connectivity index (χ0n) is 6.90. The Morgan fingerprint density at radius 2 is 2.08 bits per heavy atom. The van der Waals surface area contributed by atoms with Crippen LogP contribution in [0.5, 0.6) is 5.75 Å². The monoisotopic (exact) mass is 237 g/mol. The highest BCUT2D eigenvalue weighted by Gasteiger charge is 1.99. The molecule has 0 aliphatic rings. The van der Waals surface area contributed by atoms with Crippen LogP contribution in [0.4, 0.5) is 0 Å². The van der Waals surface area contributed by atoms with Gasteiger partial charge in [0, 0.05) is 17.0 Å². The molecule has 0 atom stereocenters. The van der Waals surface area contributed by atoms with E-state index in [0.29, 0.717) is 5.52 Å². The van der Waals surface area contributed by atoms with Crippen molar-refractivity contribution in [3.63, 3.8) is 0 Å². The molecule has 3 heteroatoms. The molecular weight excluding hydrogens is 230 g/mol. The summed E-state index contributed by atoms with van der Waals surface area (Å²) in [5.41, 5.74) is 0.489. The Bertz CT molecular complexity index is 411. The number of ether oxygens (including phenoxy) is 1. The normalized spacial score (nSPS) is 10.2. The van der Waals surface area contributed by atoms with Crippen LogP contribution in [0.1, 0.15) is 0 Å². The van der Waals surface area contributed by atoms with Crippen LogP contribution in [0, 0.1) is 0 Å². The number of rotatable bonds is 2. The fourth-order valence-corrected chi connectivity index (χ4v) is 1.51. The fourth-order valence-electron chi connectivity index (χ4n) is 1.26. The van der Waals surface area contributed by atoms with E-state index in [9.17, 15) is 0 Å². The van der Waals surface area contributed by atoms with E-state index in [1.807, 2.05) is 30.5 Å². The molecule has 1 aromatic carbocycles. The highest BCUT2D eigenvalue weighted by atomic mass is 79.9. The van der Waals surface area contributed by atoms with Crippen LogP contribution in [0.25, 0.3) is 10.8 Å². The van der Waals surface area contributed by atoms with E-state index in [0.717, 1.165) is 16.5 Å². The van der Waals surface area contributed by atoms with E-state index >= 15 is 0 Å². The van der Waals surface area contributed by atoms with Gasteiger partial charge < -0.3 is 4.74 Å². The summed E-state index contributed by atoms with van der Waals surface area (Å²) in [5, 5.41) is 2.19. The topological polar surface area (TPSA) is 22.1 Å². The molecule has 1 aromatic heterocycles. The van der Waals surface area contributed by atoms with Crippen LogP contribution in [0.15, 0.2) is 36.7 Å². The van der Waals surface area contributed by atoms with E-state index < -0.39 is 0 Å². The first-order valence-corrected chi connectivity index (χ1v) is 5.05. The van der Waals surface area contributed by atoms with Crippen molar-refractivity contribution in [1.29, 1.82) is 0 Å². The second-order valence-corrected chi connectivity index (χ2v) is 3.07. The van der Waals surface area contributed by atoms with Crippen molar-refractivity contribution in [2.45, 2.75) is 0 Å². The largest absolute Gasteiger partial charge is 0.480 e. The first-order chi connectivity index (χ1) is 6.42. The Morgan fingerprint density at radius 3 is 2.92 bits per heavy atom. The summed E-state index contributed by atoms with van der Waals surface area (Å²) in [5.74, 6) is 0.815. The minimum Gasteiger partial charge on any atom is -0.480 e. The maximum Gasteiger partial charge on any atom is 0.146 e. The third-order valence-corrected chi connectivity index (χ3v) is 2.07. The van der Waals surface area contributed by atoms with Crippen molar-refractivity contribution in [3.05, 3.63) is 36.7 Å². The summed E-state index contributed by atoms with van der Waals surface area (Å²) in [6.07, 6.45) is 3.56. The number of hydrogen-bond acceptors (Lipinski definition) is 2. The SMILES string of the molecule is BrCOc1cncc2ccccc12. The zero-order chi connectivity index (χ0) is 9.10. The average Bonchev–Trinajstić information content (AvgIpc) is 2.19. The van der Waals surface area contributed by atoms with Gasteiger partial charge in [0.15, 0.2) is 0 Å². The molecule has 2 nitrogen and oxygen atoms in total. The van der Waals surface area contributed by atoms with E-state index in [-0.39, 0.29) is 0 Å². The van der Waals surface area contributed by atoms with Crippen molar-refractivity contribution in [2.24, 2.45) is 0 Å². The van der Waals surface area contributed by atoms with Crippen molar-refractivity contribution in [3.8, 4) is 5.75 Å². The molecule has 66 valence electrons. The lowest BCUT2D eigenvalue weighted by Gasteiger charge is -2.04. The molecule has 0 aliphatic heterocycles. The van der Waals surface area contributed by atoms with Gasteiger partial charge in [-0.2, -0.15) is 0 Å². The summed E-state index contributed by atoms with van der Waals surface area (Å²) in [6, 6.07) is 8.02. The molecule has 0 bridgehead atoms. The number of hydrogen-bond donors (Lipinski definition) is 0.